The van der Waals surface area contributed by atoms with Crippen molar-refractivity contribution in [2.45, 2.75) is 18.9 Å². The fraction of sp³-hybridized carbons (Fsp3) is 0.211. The van der Waals surface area contributed by atoms with Crippen LogP contribution in [0.4, 0.5) is 5.69 Å². The molecule has 5 heteroatoms. The van der Waals surface area contributed by atoms with Gasteiger partial charge in [0.25, 0.3) is 0 Å². The van der Waals surface area contributed by atoms with Crippen molar-refractivity contribution in [2.75, 3.05) is 6.61 Å². The Morgan fingerprint density at radius 3 is 2.58 bits per heavy atom. The van der Waals surface area contributed by atoms with Crippen molar-refractivity contribution in [3.63, 3.8) is 0 Å². The zero-order valence-electron chi connectivity index (χ0n) is 13.1. The third-order valence-electron chi connectivity index (χ3n) is 3.73. The van der Waals surface area contributed by atoms with Crippen LogP contribution in [-0.2, 0) is 20.7 Å². The largest absolute Gasteiger partial charge is 0.464 e. The molecule has 0 radical (unpaired) electrons. The SMILES string of the molecule is O=C(Cc1ccc(N=Cc2ccccc2)cc1)N[C@H]1CCOC1=O. The van der Waals surface area contributed by atoms with Gasteiger partial charge in [0.1, 0.15) is 6.04 Å². The monoisotopic (exact) mass is 322 g/mol. The second-order valence-corrected chi connectivity index (χ2v) is 5.59. The normalized spacial score (nSPS) is 17.0. The van der Waals surface area contributed by atoms with E-state index in [4.69, 9.17) is 4.74 Å². The molecule has 0 unspecified atom stereocenters. The molecule has 1 aliphatic heterocycles. The molecular formula is C19H18N2O3. The Hall–Kier alpha value is -2.95. The Balaban J connectivity index is 1.55. The van der Waals surface area contributed by atoms with Crippen molar-refractivity contribution >= 4 is 23.8 Å². The smallest absolute Gasteiger partial charge is 0.328 e. The Kier molecular flexibility index (Phi) is 5.01. The van der Waals surface area contributed by atoms with E-state index in [1.165, 1.54) is 0 Å². The van der Waals surface area contributed by atoms with E-state index in [1.54, 1.807) is 6.21 Å². The summed E-state index contributed by atoms with van der Waals surface area (Å²) in [5.74, 6) is -0.534. The van der Waals surface area contributed by atoms with Gasteiger partial charge in [-0.2, -0.15) is 0 Å². The number of benzene rings is 2. The first-order valence-corrected chi connectivity index (χ1v) is 7.85. The van der Waals surface area contributed by atoms with Crippen LogP contribution in [0, 0.1) is 0 Å². The van der Waals surface area contributed by atoms with Crippen LogP contribution in [-0.4, -0.2) is 30.7 Å². The highest BCUT2D eigenvalue weighted by Crippen LogP contribution is 2.14. The zero-order valence-corrected chi connectivity index (χ0v) is 13.1. The number of hydrogen-bond donors (Lipinski definition) is 1. The van der Waals surface area contributed by atoms with E-state index in [0.29, 0.717) is 13.0 Å². The third kappa shape index (κ3) is 4.29. The molecule has 0 saturated carbocycles. The minimum absolute atomic E-state index is 0.181. The molecule has 2 aromatic rings. The number of amides is 1. The van der Waals surface area contributed by atoms with E-state index >= 15 is 0 Å². The van der Waals surface area contributed by atoms with Gasteiger partial charge in [-0.05, 0) is 23.3 Å². The van der Waals surface area contributed by atoms with E-state index in [1.807, 2.05) is 54.6 Å². The van der Waals surface area contributed by atoms with Crippen molar-refractivity contribution in [1.82, 2.24) is 5.32 Å². The van der Waals surface area contributed by atoms with Gasteiger partial charge in [0.2, 0.25) is 5.91 Å². The highest BCUT2D eigenvalue weighted by atomic mass is 16.5. The number of aliphatic imine (C=N–C) groups is 1. The average Bonchev–Trinajstić information content (AvgIpc) is 3.00. The fourth-order valence-electron chi connectivity index (χ4n) is 2.45. The van der Waals surface area contributed by atoms with E-state index in [2.05, 4.69) is 10.3 Å². The van der Waals surface area contributed by atoms with Crippen LogP contribution in [0.3, 0.4) is 0 Å². The number of hydrogen-bond acceptors (Lipinski definition) is 4. The highest BCUT2D eigenvalue weighted by molar-refractivity contribution is 5.86. The number of ether oxygens (including phenoxy) is 1. The van der Waals surface area contributed by atoms with Gasteiger partial charge in [0.05, 0.1) is 18.7 Å². The molecule has 5 nitrogen and oxygen atoms in total. The molecule has 1 heterocycles. The second kappa shape index (κ2) is 7.55. The minimum atomic E-state index is -0.507. The summed E-state index contributed by atoms with van der Waals surface area (Å²) in [5, 5.41) is 2.70. The fourth-order valence-corrected chi connectivity index (χ4v) is 2.45. The number of carbonyl (C=O) groups excluding carboxylic acids is 2. The molecule has 0 spiro atoms. The summed E-state index contributed by atoms with van der Waals surface area (Å²) < 4.78 is 4.83. The quantitative estimate of drug-likeness (QED) is 0.679. The summed E-state index contributed by atoms with van der Waals surface area (Å²) in [6.07, 6.45) is 2.57. The van der Waals surface area contributed by atoms with Crippen LogP contribution in [0.25, 0.3) is 0 Å². The molecule has 0 aliphatic carbocycles. The van der Waals surface area contributed by atoms with E-state index in [9.17, 15) is 9.59 Å². The van der Waals surface area contributed by atoms with Crippen LogP contribution < -0.4 is 5.32 Å². The van der Waals surface area contributed by atoms with Crippen LogP contribution in [0.15, 0.2) is 59.6 Å². The Morgan fingerprint density at radius 2 is 1.92 bits per heavy atom. The number of nitrogens with one attached hydrogen (secondary N) is 1. The molecule has 24 heavy (non-hydrogen) atoms. The Labute approximate surface area is 140 Å². The first-order chi connectivity index (χ1) is 11.7. The predicted octanol–water partition coefficient (Wildman–Crippen LogP) is 2.41. The maximum atomic E-state index is 12.0. The number of carbonyl (C=O) groups is 2. The zero-order chi connectivity index (χ0) is 16.8. The van der Waals surface area contributed by atoms with Crippen molar-refractivity contribution in [3.8, 4) is 0 Å². The lowest BCUT2D eigenvalue weighted by Gasteiger charge is -2.08. The van der Waals surface area contributed by atoms with E-state index in [0.717, 1.165) is 16.8 Å². The van der Waals surface area contributed by atoms with Gasteiger partial charge in [0.15, 0.2) is 0 Å². The highest BCUT2D eigenvalue weighted by Gasteiger charge is 2.27. The molecule has 0 bridgehead atoms. The molecule has 1 amide bonds. The van der Waals surface area contributed by atoms with Gasteiger partial charge >= 0.3 is 5.97 Å². The van der Waals surface area contributed by atoms with E-state index in [-0.39, 0.29) is 18.3 Å². The number of nitrogens with zero attached hydrogens (tertiary/aromatic N) is 1. The summed E-state index contributed by atoms with van der Waals surface area (Å²) in [5.41, 5.74) is 2.73. The molecule has 1 aliphatic rings. The maximum absolute atomic E-state index is 12.0. The second-order valence-electron chi connectivity index (χ2n) is 5.59. The predicted molar refractivity (Wildman–Crippen MR) is 91.3 cm³/mol. The lowest BCUT2D eigenvalue weighted by Crippen LogP contribution is -2.38. The van der Waals surface area contributed by atoms with Crippen molar-refractivity contribution in [3.05, 3.63) is 65.7 Å². The first kappa shape index (κ1) is 15.9. The van der Waals surface area contributed by atoms with Gasteiger partial charge in [-0.15, -0.1) is 0 Å². The summed E-state index contributed by atoms with van der Waals surface area (Å²) in [6, 6.07) is 16.8. The van der Waals surface area contributed by atoms with Crippen LogP contribution in [0.5, 0.6) is 0 Å². The van der Waals surface area contributed by atoms with Crippen LogP contribution in [0.1, 0.15) is 17.5 Å². The minimum Gasteiger partial charge on any atom is -0.464 e. The lowest BCUT2D eigenvalue weighted by atomic mass is 10.1. The molecule has 1 saturated heterocycles. The van der Waals surface area contributed by atoms with Gasteiger partial charge in [-0.25, -0.2) is 4.79 Å². The van der Waals surface area contributed by atoms with Crippen LogP contribution in [0.2, 0.25) is 0 Å². The maximum Gasteiger partial charge on any atom is 0.328 e. The average molecular weight is 322 g/mol. The molecule has 1 N–H and O–H groups in total. The molecule has 0 aromatic heterocycles. The van der Waals surface area contributed by atoms with Gasteiger partial charge < -0.3 is 10.1 Å². The molecule has 3 rings (SSSR count). The first-order valence-electron chi connectivity index (χ1n) is 7.85. The Bertz CT molecular complexity index is 739. The van der Waals surface area contributed by atoms with Crippen LogP contribution >= 0.6 is 0 Å². The molecular weight excluding hydrogens is 304 g/mol. The standard InChI is InChI=1S/C19H18N2O3/c22-18(21-17-10-11-24-19(17)23)12-14-6-8-16(9-7-14)20-13-15-4-2-1-3-5-15/h1-9,13,17H,10-12H2,(H,21,22)/t17-/m0/s1. The molecule has 2 aromatic carbocycles. The summed E-state index contributed by atoms with van der Waals surface area (Å²) in [7, 11) is 0. The summed E-state index contributed by atoms with van der Waals surface area (Å²) in [6.45, 7) is 0.373. The van der Waals surface area contributed by atoms with Gasteiger partial charge in [0, 0.05) is 12.6 Å². The Morgan fingerprint density at radius 1 is 1.17 bits per heavy atom. The van der Waals surface area contributed by atoms with Crippen molar-refractivity contribution in [1.29, 1.82) is 0 Å². The number of esters is 1. The molecule has 1 atom stereocenters. The molecule has 122 valence electrons. The van der Waals surface area contributed by atoms with Gasteiger partial charge in [-0.1, -0.05) is 42.5 Å². The van der Waals surface area contributed by atoms with Crippen molar-refractivity contribution in [2.24, 2.45) is 4.99 Å². The number of rotatable bonds is 5. The summed E-state index contributed by atoms with van der Waals surface area (Å²) in [4.78, 5) is 27.7. The summed E-state index contributed by atoms with van der Waals surface area (Å²) >= 11 is 0. The van der Waals surface area contributed by atoms with Crippen molar-refractivity contribution < 1.29 is 14.3 Å². The topological polar surface area (TPSA) is 67.8 Å². The number of cyclic esters (lactones) is 1. The molecule has 1 fully saturated rings. The van der Waals surface area contributed by atoms with E-state index < -0.39 is 6.04 Å². The lowest BCUT2D eigenvalue weighted by molar-refractivity contribution is -0.141. The van der Waals surface area contributed by atoms with Gasteiger partial charge in [-0.3, -0.25) is 9.79 Å². The third-order valence-corrected chi connectivity index (χ3v) is 3.73.